The third-order valence-corrected chi connectivity index (χ3v) is 3.78. The van der Waals surface area contributed by atoms with Crippen molar-refractivity contribution in [1.29, 1.82) is 0 Å². The molecular weight excluding hydrogens is 280 g/mol. The first-order chi connectivity index (χ1) is 10.7. The minimum absolute atomic E-state index is 0.391. The van der Waals surface area contributed by atoms with Crippen LogP contribution in [0.25, 0.3) is 0 Å². The molecule has 0 aromatic rings. The molecule has 0 aliphatic rings. The summed E-state index contributed by atoms with van der Waals surface area (Å²) in [7, 11) is 0. The van der Waals surface area contributed by atoms with E-state index in [0.717, 1.165) is 12.2 Å². The zero-order chi connectivity index (χ0) is 18.9. The maximum absolute atomic E-state index is 8.81. The van der Waals surface area contributed by atoms with Gasteiger partial charge < -0.3 is 4.79 Å². The lowest BCUT2D eigenvalue weighted by molar-refractivity contribution is -0.106. The van der Waals surface area contributed by atoms with Gasteiger partial charge in [-0.3, -0.25) is 0 Å². The number of hydrogen-bond acceptors (Lipinski definition) is 1. The quantitative estimate of drug-likeness (QED) is 0.352. The third-order valence-electron chi connectivity index (χ3n) is 3.78. The Morgan fingerprint density at radius 3 is 1.96 bits per heavy atom. The van der Waals surface area contributed by atoms with Crippen LogP contribution < -0.4 is 0 Å². The van der Waals surface area contributed by atoms with Gasteiger partial charge in [0.05, 0.1) is 0 Å². The van der Waals surface area contributed by atoms with E-state index in [1.54, 1.807) is 0 Å². The highest BCUT2D eigenvalue weighted by molar-refractivity contribution is 5.44. The SMILES string of the molecule is C/C=C/C=C(C)/C=C/C(CC(C)C)C(C)(C)CC.CC.CC=O. The van der Waals surface area contributed by atoms with Gasteiger partial charge in [0.25, 0.3) is 0 Å². The topological polar surface area (TPSA) is 17.1 Å². The Bertz CT molecular complexity index is 343. The smallest absolute Gasteiger partial charge is 0.116 e. The number of hydrogen-bond donors (Lipinski definition) is 0. The third kappa shape index (κ3) is 17.1. The predicted molar refractivity (Wildman–Crippen MR) is 108 cm³/mol. The number of carbonyl (C=O) groups excluding carboxylic acids is 1. The fourth-order valence-corrected chi connectivity index (χ4v) is 2.00. The number of allylic oxidation sites excluding steroid dienone is 6. The average Bonchev–Trinajstić information content (AvgIpc) is 2.51. The lowest BCUT2D eigenvalue weighted by Gasteiger charge is -2.32. The first-order valence-corrected chi connectivity index (χ1v) is 9.12. The molecule has 136 valence electrons. The Morgan fingerprint density at radius 2 is 1.61 bits per heavy atom. The van der Waals surface area contributed by atoms with Crippen molar-refractivity contribution >= 4 is 6.29 Å². The standard InChI is InChI=1S/C18H32.C2H4O.C2H6/c1-8-10-11-16(5)12-13-17(14-15(3)4)18(6,7)9-2;1-2-3;1-2/h8,10-13,15,17H,9,14H2,1-7H3;2H,1H3;1-2H3/b10-8+,13-12+,16-11+;;. The van der Waals surface area contributed by atoms with Crippen LogP contribution in [-0.4, -0.2) is 6.29 Å². The normalized spacial score (nSPS) is 13.4. The van der Waals surface area contributed by atoms with Gasteiger partial charge in [0.2, 0.25) is 0 Å². The Balaban J connectivity index is -0.000000710. The van der Waals surface area contributed by atoms with Crippen molar-refractivity contribution in [3.05, 3.63) is 36.0 Å². The first kappa shape index (κ1) is 26.8. The Labute approximate surface area is 147 Å². The molecule has 0 radical (unpaired) electrons. The molecule has 1 nitrogen and oxygen atoms in total. The summed E-state index contributed by atoms with van der Waals surface area (Å²) in [5.74, 6) is 1.42. The molecular formula is C22H42O. The van der Waals surface area contributed by atoms with Gasteiger partial charge in [0.1, 0.15) is 6.29 Å². The Morgan fingerprint density at radius 1 is 1.13 bits per heavy atom. The number of aldehydes is 1. The van der Waals surface area contributed by atoms with E-state index in [0.29, 0.717) is 11.3 Å². The molecule has 0 rings (SSSR count). The minimum Gasteiger partial charge on any atom is -0.304 e. The maximum Gasteiger partial charge on any atom is 0.116 e. The zero-order valence-corrected chi connectivity index (χ0v) is 17.4. The van der Waals surface area contributed by atoms with E-state index in [4.69, 9.17) is 4.79 Å². The molecule has 0 bridgehead atoms. The molecule has 0 saturated heterocycles. The Hall–Kier alpha value is -1.11. The van der Waals surface area contributed by atoms with Gasteiger partial charge in [-0.05, 0) is 44.4 Å². The van der Waals surface area contributed by atoms with Gasteiger partial charge in [0, 0.05) is 0 Å². The van der Waals surface area contributed by atoms with Crippen LogP contribution in [0.3, 0.4) is 0 Å². The van der Waals surface area contributed by atoms with Crippen LogP contribution in [0.2, 0.25) is 0 Å². The summed E-state index contributed by atoms with van der Waals surface area (Å²) in [6.07, 6.45) is 14.3. The fraction of sp³-hybridized carbons (Fsp3) is 0.682. The van der Waals surface area contributed by atoms with E-state index in [-0.39, 0.29) is 0 Å². The zero-order valence-electron chi connectivity index (χ0n) is 17.4. The van der Waals surface area contributed by atoms with Gasteiger partial charge in [-0.25, -0.2) is 0 Å². The van der Waals surface area contributed by atoms with Crippen LogP contribution in [-0.2, 0) is 4.79 Å². The van der Waals surface area contributed by atoms with E-state index >= 15 is 0 Å². The molecule has 0 fully saturated rings. The molecule has 0 spiro atoms. The van der Waals surface area contributed by atoms with Crippen molar-refractivity contribution in [3.8, 4) is 0 Å². The van der Waals surface area contributed by atoms with E-state index in [1.807, 2.05) is 13.8 Å². The van der Waals surface area contributed by atoms with E-state index in [2.05, 4.69) is 78.8 Å². The highest BCUT2D eigenvalue weighted by Gasteiger charge is 2.25. The summed E-state index contributed by atoms with van der Waals surface area (Å²) in [6, 6.07) is 0. The van der Waals surface area contributed by atoms with Crippen LogP contribution in [0.4, 0.5) is 0 Å². The van der Waals surface area contributed by atoms with Crippen LogP contribution in [0, 0.1) is 17.3 Å². The lowest BCUT2D eigenvalue weighted by atomic mass is 9.73. The van der Waals surface area contributed by atoms with Crippen molar-refractivity contribution < 1.29 is 4.79 Å². The number of rotatable bonds is 7. The van der Waals surface area contributed by atoms with E-state index < -0.39 is 0 Å². The van der Waals surface area contributed by atoms with Gasteiger partial charge in [-0.15, -0.1) is 0 Å². The lowest BCUT2D eigenvalue weighted by Crippen LogP contribution is -2.23. The minimum atomic E-state index is 0.391. The van der Waals surface area contributed by atoms with Gasteiger partial charge in [-0.2, -0.15) is 0 Å². The van der Waals surface area contributed by atoms with Crippen molar-refractivity contribution in [3.63, 3.8) is 0 Å². The molecule has 0 aliphatic carbocycles. The van der Waals surface area contributed by atoms with Crippen LogP contribution in [0.5, 0.6) is 0 Å². The second-order valence-corrected chi connectivity index (χ2v) is 6.61. The molecule has 1 atom stereocenters. The highest BCUT2D eigenvalue weighted by Crippen LogP contribution is 2.36. The number of carbonyl (C=O) groups is 1. The fourth-order valence-electron chi connectivity index (χ4n) is 2.00. The Kier molecular flexibility index (Phi) is 20.1. The second kappa shape index (κ2) is 17.2. The van der Waals surface area contributed by atoms with Crippen molar-refractivity contribution in [2.24, 2.45) is 17.3 Å². The monoisotopic (exact) mass is 322 g/mol. The molecule has 0 heterocycles. The summed E-state index contributed by atoms with van der Waals surface area (Å²) >= 11 is 0. The van der Waals surface area contributed by atoms with Crippen LogP contribution >= 0.6 is 0 Å². The molecule has 0 saturated carbocycles. The largest absolute Gasteiger partial charge is 0.304 e. The summed E-state index contributed by atoms with van der Waals surface area (Å²) in [4.78, 5) is 8.81. The average molecular weight is 323 g/mol. The molecule has 0 aromatic heterocycles. The predicted octanol–water partition coefficient (Wildman–Crippen LogP) is 7.39. The van der Waals surface area contributed by atoms with Crippen molar-refractivity contribution in [2.75, 3.05) is 0 Å². The highest BCUT2D eigenvalue weighted by atomic mass is 16.1. The summed E-state index contributed by atoms with van der Waals surface area (Å²) in [6.45, 7) is 21.4. The van der Waals surface area contributed by atoms with Gasteiger partial charge in [-0.1, -0.05) is 90.8 Å². The summed E-state index contributed by atoms with van der Waals surface area (Å²) < 4.78 is 0. The van der Waals surface area contributed by atoms with E-state index in [9.17, 15) is 0 Å². The van der Waals surface area contributed by atoms with Crippen LogP contribution in [0.15, 0.2) is 36.0 Å². The molecule has 0 amide bonds. The van der Waals surface area contributed by atoms with Gasteiger partial charge in [0.15, 0.2) is 0 Å². The van der Waals surface area contributed by atoms with E-state index in [1.165, 1.54) is 25.3 Å². The molecule has 0 N–H and O–H groups in total. The molecule has 1 heteroatoms. The maximum atomic E-state index is 8.81. The molecule has 1 unspecified atom stereocenters. The van der Waals surface area contributed by atoms with Crippen molar-refractivity contribution in [2.45, 2.75) is 82.1 Å². The summed E-state index contributed by atoms with van der Waals surface area (Å²) in [5, 5.41) is 0. The summed E-state index contributed by atoms with van der Waals surface area (Å²) in [5.41, 5.74) is 1.72. The molecule has 23 heavy (non-hydrogen) atoms. The molecule has 0 aliphatic heterocycles. The first-order valence-electron chi connectivity index (χ1n) is 9.12. The van der Waals surface area contributed by atoms with Crippen LogP contribution in [0.1, 0.15) is 82.1 Å². The van der Waals surface area contributed by atoms with Gasteiger partial charge >= 0.3 is 0 Å². The second-order valence-electron chi connectivity index (χ2n) is 6.61. The van der Waals surface area contributed by atoms with Crippen molar-refractivity contribution in [1.82, 2.24) is 0 Å². The molecule has 0 aromatic carbocycles.